The summed E-state index contributed by atoms with van der Waals surface area (Å²) in [6.45, 7) is 2.37. The van der Waals surface area contributed by atoms with Crippen LogP contribution in [0.3, 0.4) is 0 Å². The van der Waals surface area contributed by atoms with Crippen molar-refractivity contribution in [1.82, 2.24) is 0 Å². The highest BCUT2D eigenvalue weighted by Gasteiger charge is 2.40. The normalized spacial score (nSPS) is 14.2. The summed E-state index contributed by atoms with van der Waals surface area (Å²) in [4.78, 5) is 18.6. The van der Waals surface area contributed by atoms with Crippen LogP contribution in [0.4, 0.5) is 17.1 Å². The zero-order chi connectivity index (χ0) is 34.7. The predicted molar refractivity (Wildman–Crippen MR) is 197 cm³/mol. The Balaban J connectivity index is 1.35. The van der Waals surface area contributed by atoms with E-state index in [0.29, 0.717) is 35.1 Å². The lowest BCUT2D eigenvalue weighted by atomic mass is 9.99. The van der Waals surface area contributed by atoms with Crippen molar-refractivity contribution in [3.8, 4) is 17.2 Å². The molecule has 0 radical (unpaired) electrons. The number of benzene rings is 6. The summed E-state index contributed by atoms with van der Waals surface area (Å²) in [5.41, 5.74) is 4.82. The fraction of sp³-hybridized carbons (Fsp3) is 0.0976. The van der Waals surface area contributed by atoms with Gasteiger partial charge in [-0.25, -0.2) is 8.42 Å². The van der Waals surface area contributed by atoms with Crippen molar-refractivity contribution < 1.29 is 22.7 Å². The molecule has 8 nitrogen and oxygen atoms in total. The van der Waals surface area contributed by atoms with Crippen molar-refractivity contribution in [3.05, 3.63) is 174 Å². The number of methoxy groups -OCH3 is 1. The summed E-state index contributed by atoms with van der Waals surface area (Å²) >= 11 is 0. The van der Waals surface area contributed by atoms with E-state index in [-0.39, 0.29) is 16.4 Å². The number of carbonyl (C=O) groups excluding carboxylic acids is 1. The van der Waals surface area contributed by atoms with E-state index in [1.54, 1.807) is 48.4 Å². The molecule has 1 N–H and O–H groups in total. The molecule has 1 heterocycles. The average molecular weight is 682 g/mol. The molecule has 50 heavy (non-hydrogen) atoms. The number of carbonyl (C=O) groups is 1. The molecule has 0 saturated heterocycles. The SMILES string of the molecule is COc1ccc(N2C(=O)c3cc(S(=O)(=O)Nc4ccc(C)cc4)ccc3N(Cc3ccccc3)[C@H]2c2ccc(Oc3ccccc3)cc2)cc1. The maximum Gasteiger partial charge on any atom is 0.262 e. The minimum Gasteiger partial charge on any atom is -0.497 e. The van der Waals surface area contributed by atoms with Gasteiger partial charge in [0.25, 0.3) is 15.9 Å². The summed E-state index contributed by atoms with van der Waals surface area (Å²) in [6.07, 6.45) is -0.595. The van der Waals surface area contributed by atoms with Crippen LogP contribution in [-0.4, -0.2) is 21.4 Å². The Bertz CT molecular complexity index is 2210. The van der Waals surface area contributed by atoms with Gasteiger partial charge >= 0.3 is 0 Å². The van der Waals surface area contributed by atoms with Gasteiger partial charge in [-0.2, -0.15) is 0 Å². The van der Waals surface area contributed by atoms with E-state index < -0.39 is 16.2 Å². The fourth-order valence-corrected chi connectivity index (χ4v) is 7.15. The van der Waals surface area contributed by atoms with E-state index in [2.05, 4.69) is 9.62 Å². The molecular weight excluding hydrogens is 647 g/mol. The zero-order valence-corrected chi connectivity index (χ0v) is 28.4. The maximum absolute atomic E-state index is 14.8. The summed E-state index contributed by atoms with van der Waals surface area (Å²) in [7, 11) is -2.43. The molecular formula is C41H35N3O5S. The maximum atomic E-state index is 14.8. The molecule has 6 aromatic carbocycles. The van der Waals surface area contributed by atoms with Crippen LogP contribution in [0.2, 0.25) is 0 Å². The van der Waals surface area contributed by atoms with Crippen LogP contribution < -0.4 is 24.0 Å². The molecule has 0 spiro atoms. The Morgan fingerprint density at radius 3 is 1.98 bits per heavy atom. The predicted octanol–water partition coefficient (Wildman–Crippen LogP) is 8.96. The number of para-hydroxylation sites is 1. The highest BCUT2D eigenvalue weighted by atomic mass is 32.2. The number of nitrogens with zero attached hydrogens (tertiary/aromatic N) is 2. The standard InChI is InChI=1S/C41H35N3O5S/c1-29-13-17-32(18-14-29)42-50(46,47)37-25-26-39-38(27-37)41(45)44(33-19-23-34(48-2)24-20-33)40(43(39)28-30-9-5-3-6-10-30)31-15-21-36(22-16-31)49-35-11-7-4-8-12-35/h3-27,40,42H,28H2,1-2H3/t40-/m1/s1. The molecule has 250 valence electrons. The number of sulfonamides is 1. The second-order valence-corrected chi connectivity index (χ2v) is 13.7. The van der Waals surface area contributed by atoms with Crippen molar-refractivity contribution in [3.63, 3.8) is 0 Å². The summed E-state index contributed by atoms with van der Waals surface area (Å²) in [6, 6.07) is 46.3. The molecule has 0 unspecified atom stereocenters. The van der Waals surface area contributed by atoms with Crippen LogP contribution in [0.25, 0.3) is 0 Å². The molecule has 0 aromatic heterocycles. The third kappa shape index (κ3) is 6.76. The second kappa shape index (κ2) is 13.8. The molecule has 7 rings (SSSR count). The number of nitrogens with one attached hydrogen (secondary N) is 1. The van der Waals surface area contributed by atoms with Crippen molar-refractivity contribution >= 4 is 33.0 Å². The second-order valence-electron chi connectivity index (χ2n) is 12.0. The fourth-order valence-electron chi connectivity index (χ4n) is 6.07. The topological polar surface area (TPSA) is 88.2 Å². The van der Waals surface area contributed by atoms with Gasteiger partial charge in [-0.3, -0.25) is 14.4 Å². The lowest BCUT2D eigenvalue weighted by Crippen LogP contribution is -2.49. The van der Waals surface area contributed by atoms with Crippen LogP contribution in [0.15, 0.2) is 157 Å². The van der Waals surface area contributed by atoms with E-state index in [1.807, 2.05) is 116 Å². The van der Waals surface area contributed by atoms with E-state index in [4.69, 9.17) is 9.47 Å². The molecule has 1 aliphatic heterocycles. The highest BCUT2D eigenvalue weighted by molar-refractivity contribution is 7.92. The van der Waals surface area contributed by atoms with Crippen LogP contribution in [-0.2, 0) is 16.6 Å². The van der Waals surface area contributed by atoms with Gasteiger partial charge in [0.15, 0.2) is 0 Å². The van der Waals surface area contributed by atoms with E-state index in [0.717, 1.165) is 22.4 Å². The number of hydrogen-bond donors (Lipinski definition) is 1. The third-order valence-electron chi connectivity index (χ3n) is 8.58. The number of hydrogen-bond acceptors (Lipinski definition) is 6. The summed E-state index contributed by atoms with van der Waals surface area (Å²) < 4.78 is 41.4. The van der Waals surface area contributed by atoms with Gasteiger partial charge in [0.05, 0.1) is 23.3 Å². The number of anilines is 3. The average Bonchev–Trinajstić information content (AvgIpc) is 3.14. The lowest BCUT2D eigenvalue weighted by Gasteiger charge is -2.46. The minimum absolute atomic E-state index is 0.0135. The van der Waals surface area contributed by atoms with Crippen LogP contribution >= 0.6 is 0 Å². The van der Waals surface area contributed by atoms with Gasteiger partial charge in [0.2, 0.25) is 0 Å². The first kappa shape index (κ1) is 32.5. The first-order valence-electron chi connectivity index (χ1n) is 16.1. The third-order valence-corrected chi connectivity index (χ3v) is 9.96. The lowest BCUT2D eigenvalue weighted by molar-refractivity contribution is 0.0968. The molecule has 0 saturated carbocycles. The van der Waals surface area contributed by atoms with E-state index in [1.165, 1.54) is 6.07 Å². The number of ether oxygens (including phenoxy) is 2. The Morgan fingerprint density at radius 2 is 1.32 bits per heavy atom. The number of amides is 1. The number of fused-ring (bicyclic) bond motifs is 1. The molecule has 1 aliphatic rings. The minimum atomic E-state index is -4.02. The van der Waals surface area contributed by atoms with Gasteiger partial charge in [-0.1, -0.05) is 78.4 Å². The van der Waals surface area contributed by atoms with Crippen LogP contribution in [0, 0.1) is 6.92 Å². The Morgan fingerprint density at radius 1 is 0.700 bits per heavy atom. The summed E-state index contributed by atoms with van der Waals surface area (Å²) in [5.74, 6) is 1.69. The van der Waals surface area contributed by atoms with Gasteiger partial charge in [0, 0.05) is 17.9 Å². The Labute approximate surface area is 292 Å². The molecule has 6 aromatic rings. The first-order chi connectivity index (χ1) is 24.3. The molecule has 0 aliphatic carbocycles. The van der Waals surface area contributed by atoms with E-state index >= 15 is 0 Å². The monoisotopic (exact) mass is 681 g/mol. The molecule has 0 fully saturated rings. The van der Waals surface area contributed by atoms with Crippen molar-refractivity contribution in [2.75, 3.05) is 21.6 Å². The zero-order valence-electron chi connectivity index (χ0n) is 27.6. The van der Waals surface area contributed by atoms with Crippen LogP contribution in [0.1, 0.15) is 33.2 Å². The van der Waals surface area contributed by atoms with Gasteiger partial charge in [-0.15, -0.1) is 0 Å². The van der Waals surface area contributed by atoms with Crippen molar-refractivity contribution in [2.45, 2.75) is 24.5 Å². The highest BCUT2D eigenvalue weighted by Crippen LogP contribution is 2.44. The van der Waals surface area contributed by atoms with Gasteiger partial charge < -0.3 is 14.4 Å². The van der Waals surface area contributed by atoms with Gasteiger partial charge in [-0.05, 0) is 96.9 Å². The van der Waals surface area contributed by atoms with E-state index in [9.17, 15) is 13.2 Å². The molecule has 0 bridgehead atoms. The quantitative estimate of drug-likeness (QED) is 0.155. The number of aryl methyl sites for hydroxylation is 1. The van der Waals surface area contributed by atoms with Crippen molar-refractivity contribution in [1.29, 1.82) is 0 Å². The first-order valence-corrected chi connectivity index (χ1v) is 17.6. The Kier molecular flexibility index (Phi) is 8.98. The summed E-state index contributed by atoms with van der Waals surface area (Å²) in [5, 5.41) is 0. The number of rotatable bonds is 10. The molecule has 9 heteroatoms. The Hall–Kier alpha value is -6.06. The molecule has 1 atom stereocenters. The van der Waals surface area contributed by atoms with Crippen molar-refractivity contribution in [2.24, 2.45) is 0 Å². The van der Waals surface area contributed by atoms with Crippen LogP contribution in [0.5, 0.6) is 17.2 Å². The molecule has 1 amide bonds. The smallest absolute Gasteiger partial charge is 0.262 e. The largest absolute Gasteiger partial charge is 0.497 e. The van der Waals surface area contributed by atoms with Gasteiger partial charge in [0.1, 0.15) is 23.4 Å².